The second-order valence-corrected chi connectivity index (χ2v) is 7.43. The first-order valence-corrected chi connectivity index (χ1v) is 8.35. The molecule has 0 aliphatic heterocycles. The highest BCUT2D eigenvalue weighted by Crippen LogP contribution is 2.19. The molecule has 21 heavy (non-hydrogen) atoms. The van der Waals surface area contributed by atoms with Crippen LogP contribution in [0.25, 0.3) is 0 Å². The third-order valence-electron chi connectivity index (χ3n) is 3.66. The summed E-state index contributed by atoms with van der Waals surface area (Å²) in [6.45, 7) is 7.37. The lowest BCUT2D eigenvalue weighted by Gasteiger charge is -2.10. The van der Waals surface area contributed by atoms with Crippen LogP contribution in [-0.4, -0.2) is 8.42 Å². The first-order valence-electron chi connectivity index (χ1n) is 6.70. The molecular formula is C16H19NO3S. The highest BCUT2D eigenvalue weighted by molar-refractivity contribution is 7.90. The number of benzene rings is 1. The minimum absolute atomic E-state index is 0.161. The molecule has 0 bridgehead atoms. The largest absolute Gasteiger partial charge is 0.618 e. The number of hydrogen-bond donors (Lipinski definition) is 0. The van der Waals surface area contributed by atoms with E-state index in [2.05, 4.69) is 0 Å². The van der Waals surface area contributed by atoms with E-state index < -0.39 is 9.84 Å². The SMILES string of the molecule is Cc1ccc(C)c(CS(=O)(=O)c2cc(C)c(C)c[n+]2[O-])c1. The average molecular weight is 305 g/mol. The molecule has 5 heteroatoms. The summed E-state index contributed by atoms with van der Waals surface area (Å²) in [6, 6.07) is 7.13. The van der Waals surface area contributed by atoms with E-state index >= 15 is 0 Å². The average Bonchev–Trinajstić information content (AvgIpc) is 2.37. The predicted octanol–water partition coefficient (Wildman–Crippen LogP) is 2.53. The van der Waals surface area contributed by atoms with Crippen LogP contribution in [-0.2, 0) is 15.6 Å². The minimum atomic E-state index is -3.67. The molecule has 0 amide bonds. The van der Waals surface area contributed by atoms with E-state index in [1.807, 2.05) is 32.0 Å². The van der Waals surface area contributed by atoms with Gasteiger partial charge in [-0.25, -0.2) is 8.42 Å². The minimum Gasteiger partial charge on any atom is -0.618 e. The zero-order valence-electron chi connectivity index (χ0n) is 12.7. The number of rotatable bonds is 3. The molecule has 0 saturated carbocycles. The quantitative estimate of drug-likeness (QED) is 0.646. The van der Waals surface area contributed by atoms with Crippen LogP contribution < -0.4 is 4.73 Å². The fourth-order valence-corrected chi connectivity index (χ4v) is 3.72. The Morgan fingerprint density at radius 1 is 1.00 bits per heavy atom. The van der Waals surface area contributed by atoms with Crippen LogP contribution in [0.3, 0.4) is 0 Å². The molecule has 4 nitrogen and oxygen atoms in total. The molecule has 0 fully saturated rings. The Morgan fingerprint density at radius 2 is 1.67 bits per heavy atom. The van der Waals surface area contributed by atoms with E-state index in [0.717, 1.165) is 27.8 Å². The lowest BCUT2D eigenvalue weighted by atomic mass is 10.1. The van der Waals surface area contributed by atoms with E-state index in [1.165, 1.54) is 12.3 Å². The Hall–Kier alpha value is -1.88. The summed E-state index contributed by atoms with van der Waals surface area (Å²) in [5.74, 6) is -0.161. The molecule has 0 radical (unpaired) electrons. The van der Waals surface area contributed by atoms with Crippen molar-refractivity contribution in [3.8, 4) is 0 Å². The van der Waals surface area contributed by atoms with Gasteiger partial charge in [0.1, 0.15) is 0 Å². The van der Waals surface area contributed by atoms with Crippen molar-refractivity contribution in [2.24, 2.45) is 0 Å². The Labute approximate surface area is 125 Å². The summed E-state index contributed by atoms with van der Waals surface area (Å²) in [5, 5.41) is 11.7. The Morgan fingerprint density at radius 3 is 2.33 bits per heavy atom. The molecule has 0 saturated heterocycles. The fourth-order valence-electron chi connectivity index (χ4n) is 2.17. The molecule has 0 aliphatic rings. The summed E-state index contributed by atoms with van der Waals surface area (Å²) in [5.41, 5.74) is 4.21. The van der Waals surface area contributed by atoms with Crippen molar-refractivity contribution < 1.29 is 13.1 Å². The van der Waals surface area contributed by atoms with Crippen molar-refractivity contribution in [1.29, 1.82) is 0 Å². The maximum atomic E-state index is 12.5. The lowest BCUT2D eigenvalue weighted by molar-refractivity contribution is -0.647. The highest BCUT2D eigenvalue weighted by Gasteiger charge is 2.26. The molecule has 0 N–H and O–H groups in total. The lowest BCUT2D eigenvalue weighted by Crippen LogP contribution is -2.35. The molecule has 0 spiro atoms. The first-order chi connectivity index (χ1) is 9.70. The monoisotopic (exact) mass is 305 g/mol. The number of aromatic nitrogens is 1. The third kappa shape index (κ3) is 3.24. The van der Waals surface area contributed by atoms with Gasteiger partial charge in [-0.15, -0.1) is 0 Å². The second-order valence-electron chi connectivity index (χ2n) is 5.49. The number of hydrogen-bond acceptors (Lipinski definition) is 3. The smallest absolute Gasteiger partial charge is 0.309 e. The van der Waals surface area contributed by atoms with Crippen molar-refractivity contribution >= 4 is 9.84 Å². The maximum Gasteiger partial charge on any atom is 0.309 e. The summed E-state index contributed by atoms with van der Waals surface area (Å²) >= 11 is 0. The van der Waals surface area contributed by atoms with E-state index in [4.69, 9.17) is 0 Å². The van der Waals surface area contributed by atoms with Crippen molar-refractivity contribution in [1.82, 2.24) is 0 Å². The van der Waals surface area contributed by atoms with Crippen molar-refractivity contribution in [2.75, 3.05) is 0 Å². The first kappa shape index (κ1) is 15.5. The summed E-state index contributed by atoms with van der Waals surface area (Å²) in [7, 11) is -3.67. The number of sulfone groups is 1. The molecule has 1 aromatic heterocycles. The fraction of sp³-hybridized carbons (Fsp3) is 0.312. The van der Waals surface area contributed by atoms with Crippen LogP contribution in [0.15, 0.2) is 35.5 Å². The Kier molecular flexibility index (Phi) is 4.05. The van der Waals surface area contributed by atoms with Gasteiger partial charge in [0.15, 0.2) is 6.20 Å². The van der Waals surface area contributed by atoms with Gasteiger partial charge in [0.05, 0.1) is 5.75 Å². The van der Waals surface area contributed by atoms with Crippen LogP contribution in [0.1, 0.15) is 27.8 Å². The Balaban J connectivity index is 2.48. The second kappa shape index (κ2) is 5.48. The summed E-state index contributed by atoms with van der Waals surface area (Å²) < 4.78 is 25.5. The van der Waals surface area contributed by atoms with Crippen molar-refractivity contribution in [3.05, 3.63) is 63.5 Å². The van der Waals surface area contributed by atoms with Crippen LogP contribution in [0.5, 0.6) is 0 Å². The molecule has 0 aliphatic carbocycles. The number of aryl methyl sites for hydroxylation is 4. The molecule has 112 valence electrons. The van der Waals surface area contributed by atoms with Crippen LogP contribution in [0.4, 0.5) is 0 Å². The standard InChI is InChI=1S/C16H19NO3S/c1-11-5-6-12(2)15(7-11)10-21(19,20)16-8-13(3)14(4)9-17(16)18/h5-9H,10H2,1-4H3. The zero-order valence-corrected chi connectivity index (χ0v) is 13.5. The zero-order chi connectivity index (χ0) is 15.8. The van der Waals surface area contributed by atoms with E-state index in [-0.39, 0.29) is 10.8 Å². The van der Waals surface area contributed by atoms with Crippen LogP contribution in [0.2, 0.25) is 0 Å². The van der Waals surface area contributed by atoms with E-state index in [0.29, 0.717) is 4.73 Å². The van der Waals surface area contributed by atoms with Gasteiger partial charge in [-0.05, 0) is 44.4 Å². The summed E-state index contributed by atoms with van der Waals surface area (Å²) in [6.07, 6.45) is 1.31. The molecule has 0 atom stereocenters. The molecule has 2 rings (SSSR count). The van der Waals surface area contributed by atoms with Gasteiger partial charge in [0.25, 0.3) is 0 Å². The highest BCUT2D eigenvalue weighted by atomic mass is 32.2. The van der Waals surface area contributed by atoms with E-state index in [1.54, 1.807) is 13.8 Å². The van der Waals surface area contributed by atoms with Gasteiger partial charge in [-0.2, -0.15) is 4.73 Å². The number of nitrogens with zero attached hydrogens (tertiary/aromatic N) is 1. The molecular weight excluding hydrogens is 286 g/mol. The van der Waals surface area contributed by atoms with Gasteiger partial charge >= 0.3 is 5.03 Å². The molecule has 1 heterocycles. The van der Waals surface area contributed by atoms with Crippen molar-refractivity contribution in [3.63, 3.8) is 0 Å². The maximum absolute atomic E-state index is 12.5. The normalized spacial score (nSPS) is 11.6. The van der Waals surface area contributed by atoms with Gasteiger partial charge in [0, 0.05) is 11.6 Å². The molecule has 1 aromatic carbocycles. The number of pyridine rings is 1. The Bertz CT molecular complexity index is 795. The molecule has 0 unspecified atom stereocenters. The predicted molar refractivity (Wildman–Crippen MR) is 81.7 cm³/mol. The van der Waals surface area contributed by atoms with Crippen LogP contribution in [0, 0.1) is 32.9 Å². The molecule has 2 aromatic rings. The van der Waals surface area contributed by atoms with Gasteiger partial charge < -0.3 is 5.21 Å². The van der Waals surface area contributed by atoms with Gasteiger partial charge in [0.2, 0.25) is 9.84 Å². The summed E-state index contributed by atoms with van der Waals surface area (Å²) in [4.78, 5) is 0. The van der Waals surface area contributed by atoms with E-state index in [9.17, 15) is 13.6 Å². The topological polar surface area (TPSA) is 61.1 Å². The van der Waals surface area contributed by atoms with Gasteiger partial charge in [-0.1, -0.05) is 23.8 Å². The van der Waals surface area contributed by atoms with Crippen molar-refractivity contribution in [2.45, 2.75) is 38.5 Å². The van der Waals surface area contributed by atoms with Crippen LogP contribution >= 0.6 is 0 Å². The third-order valence-corrected chi connectivity index (χ3v) is 5.29. The van der Waals surface area contributed by atoms with Gasteiger partial charge in [-0.3, -0.25) is 0 Å².